The van der Waals surface area contributed by atoms with E-state index in [0.29, 0.717) is 5.57 Å². The highest BCUT2D eigenvalue weighted by molar-refractivity contribution is 5.68. The first kappa shape index (κ1) is 25.5. The van der Waals surface area contributed by atoms with Gasteiger partial charge in [0.15, 0.2) is 5.60 Å². The molecule has 4 rings (SSSR count). The number of aliphatic hydroxyl groups excluding tert-OH is 4. The van der Waals surface area contributed by atoms with Gasteiger partial charge in [0.25, 0.3) is 0 Å². The summed E-state index contributed by atoms with van der Waals surface area (Å²) in [5, 5.41) is 56.9. The van der Waals surface area contributed by atoms with Gasteiger partial charge in [0.2, 0.25) is 0 Å². The Kier molecular flexibility index (Phi) is 5.79. The van der Waals surface area contributed by atoms with E-state index in [9.17, 15) is 35.1 Å². The number of rotatable bonds is 3. The summed E-state index contributed by atoms with van der Waals surface area (Å²) < 4.78 is 17.5. The van der Waals surface area contributed by atoms with Crippen molar-refractivity contribution in [3.05, 3.63) is 11.1 Å². The zero-order valence-electron chi connectivity index (χ0n) is 20.4. The van der Waals surface area contributed by atoms with Gasteiger partial charge in [0.1, 0.15) is 18.3 Å². The van der Waals surface area contributed by atoms with Crippen molar-refractivity contribution < 1.29 is 49.3 Å². The van der Waals surface area contributed by atoms with Crippen molar-refractivity contribution in [3.63, 3.8) is 0 Å². The maximum absolute atomic E-state index is 12.5. The molecule has 3 aliphatic carbocycles. The Morgan fingerprint density at radius 2 is 1.74 bits per heavy atom. The number of esters is 2. The van der Waals surface area contributed by atoms with Crippen LogP contribution in [0.2, 0.25) is 0 Å². The molecular formula is C24H36O10. The Bertz CT molecular complexity index is 923. The van der Waals surface area contributed by atoms with Gasteiger partial charge in [-0.15, -0.1) is 0 Å². The van der Waals surface area contributed by atoms with Crippen LogP contribution in [-0.4, -0.2) is 91.9 Å². The topological polar surface area (TPSA) is 163 Å². The first-order chi connectivity index (χ1) is 15.6. The van der Waals surface area contributed by atoms with Crippen LogP contribution in [0.4, 0.5) is 0 Å². The van der Waals surface area contributed by atoms with E-state index in [1.807, 2.05) is 0 Å². The monoisotopic (exact) mass is 484 g/mol. The number of ether oxygens (including phenoxy) is 3. The number of carbonyl (C=O) groups excluding carboxylic acids is 2. The molecule has 0 bridgehead atoms. The molecular weight excluding hydrogens is 448 g/mol. The molecule has 0 aromatic carbocycles. The quantitative estimate of drug-likeness (QED) is 0.263. The molecule has 34 heavy (non-hydrogen) atoms. The van der Waals surface area contributed by atoms with Crippen LogP contribution in [0.15, 0.2) is 11.1 Å². The van der Waals surface area contributed by atoms with Crippen LogP contribution in [-0.2, 0) is 23.8 Å². The van der Waals surface area contributed by atoms with Crippen LogP contribution in [0.1, 0.15) is 54.4 Å². The maximum Gasteiger partial charge on any atom is 0.303 e. The molecule has 2 unspecified atom stereocenters. The molecule has 10 atom stereocenters. The fraction of sp³-hybridized carbons (Fsp3) is 0.833. The summed E-state index contributed by atoms with van der Waals surface area (Å²) in [5.74, 6) is -2.40. The highest BCUT2D eigenvalue weighted by atomic mass is 16.6. The lowest BCUT2D eigenvalue weighted by Crippen LogP contribution is -2.78. The fourth-order valence-corrected chi connectivity index (χ4v) is 7.43. The van der Waals surface area contributed by atoms with Crippen molar-refractivity contribution in [2.24, 2.45) is 16.7 Å². The summed E-state index contributed by atoms with van der Waals surface area (Å²) in [7, 11) is 0. The van der Waals surface area contributed by atoms with Gasteiger partial charge in [-0.3, -0.25) is 9.59 Å². The largest absolute Gasteiger partial charge is 0.461 e. The Balaban J connectivity index is 2.10. The molecule has 0 spiro atoms. The van der Waals surface area contributed by atoms with Crippen LogP contribution >= 0.6 is 0 Å². The number of aliphatic hydroxyl groups is 5. The average Bonchev–Trinajstić information content (AvgIpc) is 2.95. The van der Waals surface area contributed by atoms with Crippen LogP contribution in [0.3, 0.4) is 0 Å². The summed E-state index contributed by atoms with van der Waals surface area (Å²) in [4.78, 5) is 24.8. The third kappa shape index (κ3) is 3.02. The molecule has 0 amide bonds. The Hall–Kier alpha value is -1.56. The van der Waals surface area contributed by atoms with Crippen molar-refractivity contribution in [1.29, 1.82) is 0 Å². The van der Waals surface area contributed by atoms with Crippen molar-refractivity contribution in [1.82, 2.24) is 0 Å². The van der Waals surface area contributed by atoms with Crippen LogP contribution in [0, 0.1) is 16.7 Å². The van der Waals surface area contributed by atoms with Crippen molar-refractivity contribution in [3.8, 4) is 0 Å². The molecule has 192 valence electrons. The maximum atomic E-state index is 12.5. The van der Waals surface area contributed by atoms with Crippen LogP contribution < -0.4 is 0 Å². The number of hydrogen-bond donors (Lipinski definition) is 5. The summed E-state index contributed by atoms with van der Waals surface area (Å²) in [6, 6.07) is 0. The first-order valence-electron chi connectivity index (χ1n) is 11.7. The van der Waals surface area contributed by atoms with Gasteiger partial charge in [0.05, 0.1) is 41.9 Å². The van der Waals surface area contributed by atoms with Crippen molar-refractivity contribution >= 4 is 11.9 Å². The minimum Gasteiger partial charge on any atom is -0.461 e. The molecule has 4 aliphatic rings. The predicted octanol–water partition coefficient (Wildman–Crippen LogP) is -0.420. The zero-order valence-corrected chi connectivity index (χ0v) is 20.4. The number of hydrogen-bond acceptors (Lipinski definition) is 10. The van der Waals surface area contributed by atoms with Crippen molar-refractivity contribution in [2.45, 2.75) is 102 Å². The fourth-order valence-electron chi connectivity index (χ4n) is 7.43. The van der Waals surface area contributed by atoms with Gasteiger partial charge >= 0.3 is 11.9 Å². The summed E-state index contributed by atoms with van der Waals surface area (Å²) >= 11 is 0. The average molecular weight is 485 g/mol. The van der Waals surface area contributed by atoms with Gasteiger partial charge in [-0.1, -0.05) is 6.92 Å². The summed E-state index contributed by atoms with van der Waals surface area (Å²) in [6.45, 7) is 8.49. The van der Waals surface area contributed by atoms with Gasteiger partial charge in [-0.2, -0.15) is 0 Å². The summed E-state index contributed by atoms with van der Waals surface area (Å²) in [6.07, 6.45) is -7.63. The minimum absolute atomic E-state index is 0.0209. The van der Waals surface area contributed by atoms with E-state index >= 15 is 0 Å². The Morgan fingerprint density at radius 1 is 1.12 bits per heavy atom. The molecule has 3 fully saturated rings. The molecule has 10 nitrogen and oxygen atoms in total. The van der Waals surface area contributed by atoms with E-state index in [-0.39, 0.29) is 25.0 Å². The second kappa shape index (κ2) is 7.72. The molecule has 1 aliphatic heterocycles. The molecule has 0 aromatic heterocycles. The molecule has 1 saturated heterocycles. The minimum atomic E-state index is -1.67. The first-order valence-corrected chi connectivity index (χ1v) is 11.7. The summed E-state index contributed by atoms with van der Waals surface area (Å²) in [5.41, 5.74) is -5.64. The lowest BCUT2D eigenvalue weighted by atomic mass is 9.49. The molecule has 2 saturated carbocycles. The Morgan fingerprint density at radius 3 is 2.21 bits per heavy atom. The second-order valence-electron chi connectivity index (χ2n) is 11.2. The SMILES string of the molecule is CC(=O)OC1C2[C@@](C)([C@@H](O)C[C@H]3OC[C@@]23OC(C)=O)[C@@H](O)[C@H](O)C2=C(C)[C@@H](O)C[C@]21C(C)(C)O. The lowest BCUT2D eigenvalue weighted by molar-refractivity contribution is -0.352. The van der Waals surface area contributed by atoms with Gasteiger partial charge in [-0.25, -0.2) is 0 Å². The standard InChI is InChI=1S/C24H36O10/c1-10-13(27)8-23(21(4,5)31)16(10)17(29)19(30)22(6)14(28)7-15-24(9-32-15,34-12(3)26)18(22)20(23)33-11(2)25/h13-15,17-20,27-31H,7-9H2,1-6H3/t13-,14-,15+,17+,18?,19-,20?,22+,23-,24-/m0/s1. The normalized spacial score (nSPS) is 48.1. The van der Waals surface area contributed by atoms with Gasteiger partial charge < -0.3 is 39.7 Å². The number of carbonyl (C=O) groups is 2. The third-order valence-corrected chi connectivity index (χ3v) is 9.07. The van der Waals surface area contributed by atoms with E-state index in [0.717, 1.165) is 0 Å². The molecule has 1 heterocycles. The van der Waals surface area contributed by atoms with Crippen LogP contribution in [0.5, 0.6) is 0 Å². The lowest BCUT2D eigenvalue weighted by Gasteiger charge is -2.65. The molecule has 5 N–H and O–H groups in total. The highest BCUT2D eigenvalue weighted by Gasteiger charge is 2.78. The smallest absolute Gasteiger partial charge is 0.303 e. The van der Waals surface area contributed by atoms with Crippen molar-refractivity contribution in [2.75, 3.05) is 6.61 Å². The van der Waals surface area contributed by atoms with Gasteiger partial charge in [-0.05, 0) is 38.3 Å². The molecule has 0 radical (unpaired) electrons. The highest BCUT2D eigenvalue weighted by Crippen LogP contribution is 2.67. The number of fused-ring (bicyclic) bond motifs is 4. The van der Waals surface area contributed by atoms with E-state index < -0.39 is 76.5 Å². The second-order valence-corrected chi connectivity index (χ2v) is 11.2. The zero-order chi connectivity index (χ0) is 25.6. The van der Waals surface area contributed by atoms with Crippen LogP contribution in [0.25, 0.3) is 0 Å². The third-order valence-electron chi connectivity index (χ3n) is 9.07. The predicted molar refractivity (Wildman–Crippen MR) is 116 cm³/mol. The van der Waals surface area contributed by atoms with E-state index in [1.54, 1.807) is 13.8 Å². The van der Waals surface area contributed by atoms with E-state index in [1.165, 1.54) is 27.7 Å². The van der Waals surface area contributed by atoms with E-state index in [2.05, 4.69) is 0 Å². The van der Waals surface area contributed by atoms with E-state index in [4.69, 9.17) is 14.2 Å². The molecule has 10 heteroatoms. The molecule has 0 aromatic rings. The Labute approximate surface area is 198 Å². The van der Waals surface area contributed by atoms with Gasteiger partial charge in [0, 0.05) is 25.7 Å².